The maximum atomic E-state index is 12.2. The molecule has 1 amide bonds. The Labute approximate surface area is 140 Å². The molecule has 0 saturated heterocycles. The topological polar surface area (TPSA) is 86.2 Å². The van der Waals surface area contributed by atoms with Crippen LogP contribution in [0.2, 0.25) is 0 Å². The van der Waals surface area contributed by atoms with E-state index in [2.05, 4.69) is 20.3 Å². The number of amides is 1. The second-order valence-electron chi connectivity index (χ2n) is 5.69. The van der Waals surface area contributed by atoms with Crippen molar-refractivity contribution >= 4 is 5.91 Å². The lowest BCUT2D eigenvalue weighted by molar-refractivity contribution is 0.0884. The molecular weight excluding hydrogens is 308 g/mol. The van der Waals surface area contributed by atoms with Crippen molar-refractivity contribution in [1.29, 1.82) is 0 Å². The predicted molar refractivity (Wildman–Crippen MR) is 87.0 cm³/mol. The van der Waals surface area contributed by atoms with Crippen LogP contribution in [0.3, 0.4) is 0 Å². The van der Waals surface area contributed by atoms with Crippen molar-refractivity contribution in [3.63, 3.8) is 0 Å². The molecule has 1 N–H and O–H groups in total. The molecule has 7 nitrogen and oxygen atoms in total. The van der Waals surface area contributed by atoms with Gasteiger partial charge in [0.2, 0.25) is 5.88 Å². The summed E-state index contributed by atoms with van der Waals surface area (Å²) in [6.07, 6.45) is 8.42. The fourth-order valence-corrected chi connectivity index (χ4v) is 2.72. The van der Waals surface area contributed by atoms with Gasteiger partial charge < -0.3 is 14.8 Å². The van der Waals surface area contributed by atoms with Crippen LogP contribution in [-0.4, -0.2) is 40.1 Å². The SMILES string of the molecule is COc1ccc(C(=O)NC2CCC(Oc3ncccn3)CC2)cn1. The van der Waals surface area contributed by atoms with E-state index < -0.39 is 0 Å². The Bertz CT molecular complexity index is 655. The van der Waals surface area contributed by atoms with Crippen molar-refractivity contribution in [2.45, 2.75) is 37.8 Å². The Morgan fingerprint density at radius 3 is 2.50 bits per heavy atom. The summed E-state index contributed by atoms with van der Waals surface area (Å²) in [6.45, 7) is 0. The molecule has 0 aliphatic heterocycles. The Hall–Kier alpha value is -2.70. The van der Waals surface area contributed by atoms with E-state index in [1.54, 1.807) is 37.7 Å². The Morgan fingerprint density at radius 1 is 1.12 bits per heavy atom. The van der Waals surface area contributed by atoms with E-state index in [1.807, 2.05) is 0 Å². The largest absolute Gasteiger partial charge is 0.481 e. The van der Waals surface area contributed by atoms with Gasteiger partial charge in [-0.25, -0.2) is 15.0 Å². The molecule has 2 aromatic heterocycles. The number of carbonyl (C=O) groups is 1. The number of hydrogen-bond donors (Lipinski definition) is 1. The van der Waals surface area contributed by atoms with Gasteiger partial charge in [0, 0.05) is 30.7 Å². The van der Waals surface area contributed by atoms with E-state index in [0.29, 0.717) is 17.5 Å². The zero-order valence-corrected chi connectivity index (χ0v) is 13.5. The van der Waals surface area contributed by atoms with Crippen molar-refractivity contribution in [3.8, 4) is 11.9 Å². The highest BCUT2D eigenvalue weighted by atomic mass is 16.5. The lowest BCUT2D eigenvalue weighted by atomic mass is 9.93. The van der Waals surface area contributed by atoms with Crippen LogP contribution >= 0.6 is 0 Å². The minimum absolute atomic E-state index is 0.100. The van der Waals surface area contributed by atoms with Crippen LogP contribution in [0.5, 0.6) is 11.9 Å². The Morgan fingerprint density at radius 2 is 1.88 bits per heavy atom. The molecule has 1 fully saturated rings. The first-order valence-electron chi connectivity index (χ1n) is 7.99. The van der Waals surface area contributed by atoms with Crippen molar-refractivity contribution < 1.29 is 14.3 Å². The molecule has 2 heterocycles. The Balaban J connectivity index is 1.47. The third-order valence-corrected chi connectivity index (χ3v) is 4.03. The molecule has 2 aromatic rings. The Kier molecular flexibility index (Phi) is 5.20. The zero-order valence-electron chi connectivity index (χ0n) is 13.5. The molecule has 0 spiro atoms. The van der Waals surface area contributed by atoms with Gasteiger partial charge in [-0.2, -0.15) is 0 Å². The summed E-state index contributed by atoms with van der Waals surface area (Å²) in [7, 11) is 1.54. The summed E-state index contributed by atoms with van der Waals surface area (Å²) in [6, 6.07) is 5.71. The van der Waals surface area contributed by atoms with Crippen molar-refractivity contribution in [2.24, 2.45) is 0 Å². The van der Waals surface area contributed by atoms with E-state index in [-0.39, 0.29) is 18.1 Å². The van der Waals surface area contributed by atoms with Crippen molar-refractivity contribution in [1.82, 2.24) is 20.3 Å². The highest BCUT2D eigenvalue weighted by Crippen LogP contribution is 2.22. The number of nitrogens with one attached hydrogen (secondary N) is 1. The summed E-state index contributed by atoms with van der Waals surface area (Å²) in [5, 5.41) is 3.05. The van der Waals surface area contributed by atoms with Crippen LogP contribution in [0, 0.1) is 0 Å². The highest BCUT2D eigenvalue weighted by Gasteiger charge is 2.24. The number of aromatic nitrogens is 3. The second-order valence-corrected chi connectivity index (χ2v) is 5.69. The molecule has 0 aromatic carbocycles. The van der Waals surface area contributed by atoms with Crippen LogP contribution in [0.1, 0.15) is 36.0 Å². The van der Waals surface area contributed by atoms with Gasteiger partial charge in [0.1, 0.15) is 6.10 Å². The normalized spacial score (nSPS) is 20.2. The monoisotopic (exact) mass is 328 g/mol. The number of carbonyl (C=O) groups excluding carboxylic acids is 1. The van der Waals surface area contributed by atoms with E-state index in [9.17, 15) is 4.79 Å². The van der Waals surface area contributed by atoms with Gasteiger partial charge in [-0.15, -0.1) is 0 Å². The molecule has 0 unspecified atom stereocenters. The fraction of sp³-hybridized carbons (Fsp3) is 0.412. The minimum Gasteiger partial charge on any atom is -0.481 e. The summed E-state index contributed by atoms with van der Waals surface area (Å²) in [5.74, 6) is 0.383. The molecule has 1 saturated carbocycles. The first-order chi connectivity index (χ1) is 11.7. The third-order valence-electron chi connectivity index (χ3n) is 4.03. The van der Waals surface area contributed by atoms with Gasteiger partial charge in [0.25, 0.3) is 5.91 Å². The average molecular weight is 328 g/mol. The highest BCUT2D eigenvalue weighted by molar-refractivity contribution is 5.94. The molecule has 7 heteroatoms. The average Bonchev–Trinajstić information content (AvgIpc) is 2.64. The maximum absolute atomic E-state index is 12.2. The van der Waals surface area contributed by atoms with Crippen LogP contribution in [-0.2, 0) is 0 Å². The molecular formula is C17H20N4O3. The molecule has 3 rings (SSSR count). The maximum Gasteiger partial charge on any atom is 0.316 e. The van der Waals surface area contributed by atoms with Crippen LogP contribution in [0.25, 0.3) is 0 Å². The standard InChI is InChI=1S/C17H20N4O3/c1-23-15-8-3-12(11-20-15)16(22)21-13-4-6-14(7-5-13)24-17-18-9-2-10-19-17/h2-3,8-11,13-14H,4-7H2,1H3,(H,21,22). The van der Waals surface area contributed by atoms with E-state index in [4.69, 9.17) is 9.47 Å². The number of nitrogens with zero attached hydrogens (tertiary/aromatic N) is 3. The predicted octanol–water partition coefficient (Wildman–Crippen LogP) is 2.00. The van der Waals surface area contributed by atoms with Crippen LogP contribution in [0.4, 0.5) is 0 Å². The molecule has 1 aliphatic carbocycles. The van der Waals surface area contributed by atoms with Gasteiger partial charge in [-0.05, 0) is 37.8 Å². The van der Waals surface area contributed by atoms with Crippen LogP contribution in [0.15, 0.2) is 36.8 Å². The van der Waals surface area contributed by atoms with Gasteiger partial charge >= 0.3 is 6.01 Å². The molecule has 126 valence electrons. The van der Waals surface area contributed by atoms with Gasteiger partial charge in [0.15, 0.2) is 0 Å². The third kappa shape index (κ3) is 4.18. The quantitative estimate of drug-likeness (QED) is 0.903. The van der Waals surface area contributed by atoms with E-state index in [1.165, 1.54) is 6.20 Å². The van der Waals surface area contributed by atoms with Crippen molar-refractivity contribution in [2.75, 3.05) is 7.11 Å². The van der Waals surface area contributed by atoms with E-state index >= 15 is 0 Å². The van der Waals surface area contributed by atoms with Gasteiger partial charge in [-0.1, -0.05) is 0 Å². The number of methoxy groups -OCH3 is 1. The lowest BCUT2D eigenvalue weighted by Gasteiger charge is -2.28. The molecule has 24 heavy (non-hydrogen) atoms. The summed E-state index contributed by atoms with van der Waals surface area (Å²) in [5.41, 5.74) is 0.534. The first kappa shape index (κ1) is 16.2. The second kappa shape index (κ2) is 7.72. The van der Waals surface area contributed by atoms with E-state index in [0.717, 1.165) is 25.7 Å². The first-order valence-corrected chi connectivity index (χ1v) is 7.99. The van der Waals surface area contributed by atoms with Gasteiger partial charge in [0.05, 0.1) is 12.7 Å². The molecule has 0 bridgehead atoms. The molecule has 1 aliphatic rings. The fourth-order valence-electron chi connectivity index (χ4n) is 2.72. The van der Waals surface area contributed by atoms with Crippen molar-refractivity contribution in [3.05, 3.63) is 42.4 Å². The smallest absolute Gasteiger partial charge is 0.316 e. The zero-order chi connectivity index (χ0) is 16.8. The summed E-state index contributed by atoms with van der Waals surface area (Å²) >= 11 is 0. The molecule has 0 atom stereocenters. The number of hydrogen-bond acceptors (Lipinski definition) is 6. The lowest BCUT2D eigenvalue weighted by Crippen LogP contribution is -2.39. The molecule has 0 radical (unpaired) electrons. The summed E-state index contributed by atoms with van der Waals surface area (Å²) in [4.78, 5) is 24.4. The number of pyridine rings is 1. The van der Waals surface area contributed by atoms with Crippen LogP contribution < -0.4 is 14.8 Å². The number of rotatable bonds is 5. The van der Waals surface area contributed by atoms with Gasteiger partial charge in [-0.3, -0.25) is 4.79 Å². The minimum atomic E-state index is -0.110. The summed E-state index contributed by atoms with van der Waals surface area (Å²) < 4.78 is 10.8. The number of ether oxygens (including phenoxy) is 2.